The van der Waals surface area contributed by atoms with Gasteiger partial charge in [0.25, 0.3) is 5.91 Å². The number of thiophene rings is 1. The lowest BCUT2D eigenvalue weighted by Crippen LogP contribution is -2.43. The molecular weight excluding hydrogens is 286 g/mol. The minimum absolute atomic E-state index is 0.145. The molecule has 0 saturated heterocycles. The molecule has 1 amide bonds. The van der Waals surface area contributed by atoms with Crippen LogP contribution in [-0.4, -0.2) is 36.9 Å². The van der Waals surface area contributed by atoms with Gasteiger partial charge in [0, 0.05) is 19.2 Å². The summed E-state index contributed by atoms with van der Waals surface area (Å²) < 4.78 is 4.90. The Hall–Kier alpha value is -1.69. The summed E-state index contributed by atoms with van der Waals surface area (Å²) in [6.07, 6.45) is 0. The molecule has 1 atom stereocenters. The van der Waals surface area contributed by atoms with Crippen LogP contribution in [0.4, 0.5) is 0 Å². The van der Waals surface area contributed by atoms with Crippen molar-refractivity contribution >= 4 is 17.2 Å². The Morgan fingerprint density at radius 1 is 1.29 bits per heavy atom. The molecular formula is C16H19NO3S. The first-order valence-electron chi connectivity index (χ1n) is 6.64. The van der Waals surface area contributed by atoms with Crippen LogP contribution in [0.1, 0.15) is 17.3 Å². The van der Waals surface area contributed by atoms with E-state index in [-0.39, 0.29) is 19.1 Å². The quantitative estimate of drug-likeness (QED) is 0.862. The Morgan fingerprint density at radius 2 is 2.00 bits per heavy atom. The van der Waals surface area contributed by atoms with Gasteiger partial charge in [0.2, 0.25) is 0 Å². The van der Waals surface area contributed by atoms with Crippen LogP contribution in [0, 0.1) is 0 Å². The summed E-state index contributed by atoms with van der Waals surface area (Å²) in [4.78, 5) is 12.0. The van der Waals surface area contributed by atoms with Gasteiger partial charge in [0.05, 0.1) is 6.61 Å². The largest absolute Gasteiger partial charge is 0.386 e. The average molecular weight is 305 g/mol. The second kappa shape index (κ2) is 6.85. The summed E-state index contributed by atoms with van der Waals surface area (Å²) in [5.74, 6) is -0.205. The van der Waals surface area contributed by atoms with Crippen LogP contribution in [0.3, 0.4) is 0 Å². The molecule has 1 aromatic carbocycles. The molecule has 1 heterocycles. The fourth-order valence-corrected chi connectivity index (χ4v) is 2.64. The summed E-state index contributed by atoms with van der Waals surface area (Å²) in [6, 6.07) is 9.46. The summed E-state index contributed by atoms with van der Waals surface area (Å²) in [7, 11) is 1.51. The average Bonchev–Trinajstić information content (AvgIpc) is 2.99. The highest BCUT2D eigenvalue weighted by Crippen LogP contribution is 2.22. The molecule has 0 radical (unpaired) electrons. The van der Waals surface area contributed by atoms with E-state index >= 15 is 0 Å². The van der Waals surface area contributed by atoms with Crippen LogP contribution < -0.4 is 5.32 Å². The molecule has 1 aromatic heterocycles. The van der Waals surface area contributed by atoms with E-state index in [1.165, 1.54) is 7.11 Å². The summed E-state index contributed by atoms with van der Waals surface area (Å²) in [5.41, 5.74) is 1.73. The number of benzene rings is 1. The monoisotopic (exact) mass is 305 g/mol. The van der Waals surface area contributed by atoms with E-state index in [0.29, 0.717) is 5.56 Å². The topological polar surface area (TPSA) is 58.6 Å². The summed E-state index contributed by atoms with van der Waals surface area (Å²) in [6.45, 7) is 1.94. The molecule has 112 valence electrons. The molecule has 0 unspecified atom stereocenters. The van der Waals surface area contributed by atoms with Gasteiger partial charge in [0.1, 0.15) is 5.60 Å². The van der Waals surface area contributed by atoms with E-state index in [1.54, 1.807) is 30.4 Å². The summed E-state index contributed by atoms with van der Waals surface area (Å²) in [5, 5.41) is 16.7. The fourth-order valence-electron chi connectivity index (χ4n) is 1.98. The molecule has 4 nitrogen and oxygen atoms in total. The number of rotatable bonds is 6. The van der Waals surface area contributed by atoms with Gasteiger partial charge in [-0.05, 0) is 47.0 Å². The van der Waals surface area contributed by atoms with Crippen molar-refractivity contribution in [2.75, 3.05) is 20.3 Å². The zero-order chi connectivity index (χ0) is 15.3. The number of amides is 1. The predicted octanol–water partition coefficient (Wildman–Crippen LogP) is 2.54. The number of ether oxygens (including phenoxy) is 1. The predicted molar refractivity (Wildman–Crippen MR) is 84.6 cm³/mol. The van der Waals surface area contributed by atoms with E-state index in [0.717, 1.165) is 11.1 Å². The number of hydrogen-bond acceptors (Lipinski definition) is 4. The first-order chi connectivity index (χ1) is 10.0. The molecule has 0 fully saturated rings. The van der Waals surface area contributed by atoms with Gasteiger partial charge < -0.3 is 15.2 Å². The molecule has 2 aromatic rings. The molecule has 0 aliphatic carbocycles. The molecule has 21 heavy (non-hydrogen) atoms. The van der Waals surface area contributed by atoms with E-state index in [1.807, 2.05) is 23.6 Å². The van der Waals surface area contributed by atoms with E-state index in [9.17, 15) is 9.90 Å². The minimum atomic E-state index is -1.07. The summed E-state index contributed by atoms with van der Waals surface area (Å²) >= 11 is 1.64. The molecule has 5 heteroatoms. The van der Waals surface area contributed by atoms with Crippen molar-refractivity contribution in [2.45, 2.75) is 12.5 Å². The molecule has 0 bridgehead atoms. The van der Waals surface area contributed by atoms with E-state index in [2.05, 4.69) is 10.7 Å². The number of methoxy groups -OCH3 is 1. The first-order valence-corrected chi connectivity index (χ1v) is 7.58. The molecule has 0 aliphatic rings. The number of nitrogens with one attached hydrogen (secondary N) is 1. The Labute approximate surface area is 128 Å². The van der Waals surface area contributed by atoms with Gasteiger partial charge in [0.15, 0.2) is 0 Å². The van der Waals surface area contributed by atoms with Crippen molar-refractivity contribution in [3.05, 3.63) is 46.7 Å². The Balaban J connectivity index is 1.97. The van der Waals surface area contributed by atoms with Gasteiger partial charge in [-0.1, -0.05) is 12.1 Å². The molecule has 0 aliphatic heterocycles. The maximum atomic E-state index is 12.0. The van der Waals surface area contributed by atoms with Crippen LogP contribution in [-0.2, 0) is 4.74 Å². The Morgan fingerprint density at radius 3 is 2.57 bits per heavy atom. The highest BCUT2D eigenvalue weighted by Gasteiger charge is 2.21. The highest BCUT2D eigenvalue weighted by atomic mass is 32.1. The van der Waals surface area contributed by atoms with Gasteiger partial charge in [-0.3, -0.25) is 4.79 Å². The number of carbonyl (C=O) groups excluding carboxylic acids is 1. The van der Waals surface area contributed by atoms with Crippen LogP contribution in [0.5, 0.6) is 0 Å². The van der Waals surface area contributed by atoms with Crippen LogP contribution in [0.15, 0.2) is 41.1 Å². The third-order valence-electron chi connectivity index (χ3n) is 3.09. The van der Waals surface area contributed by atoms with Gasteiger partial charge in [-0.25, -0.2) is 0 Å². The molecule has 0 spiro atoms. The lowest BCUT2D eigenvalue weighted by Gasteiger charge is -2.22. The third kappa shape index (κ3) is 4.39. The third-order valence-corrected chi connectivity index (χ3v) is 3.77. The van der Waals surface area contributed by atoms with E-state index in [4.69, 9.17) is 4.74 Å². The van der Waals surface area contributed by atoms with Crippen molar-refractivity contribution in [3.8, 4) is 11.1 Å². The van der Waals surface area contributed by atoms with Crippen molar-refractivity contribution in [3.63, 3.8) is 0 Å². The molecule has 2 rings (SSSR count). The van der Waals surface area contributed by atoms with Gasteiger partial charge in [-0.2, -0.15) is 11.3 Å². The van der Waals surface area contributed by atoms with Crippen LogP contribution >= 0.6 is 11.3 Å². The van der Waals surface area contributed by atoms with Crippen molar-refractivity contribution < 1.29 is 14.6 Å². The maximum Gasteiger partial charge on any atom is 0.251 e. The van der Waals surface area contributed by atoms with Gasteiger partial charge in [-0.15, -0.1) is 0 Å². The minimum Gasteiger partial charge on any atom is -0.386 e. The molecule has 2 N–H and O–H groups in total. The van der Waals surface area contributed by atoms with Crippen molar-refractivity contribution in [1.82, 2.24) is 5.32 Å². The Bertz CT molecular complexity index is 576. The fraction of sp³-hybridized carbons (Fsp3) is 0.312. The lowest BCUT2D eigenvalue weighted by atomic mass is 10.1. The van der Waals surface area contributed by atoms with Crippen LogP contribution in [0.2, 0.25) is 0 Å². The van der Waals surface area contributed by atoms with Crippen molar-refractivity contribution in [2.24, 2.45) is 0 Å². The normalized spacial score (nSPS) is 13.7. The standard InChI is InChI=1S/C16H19NO3S/c1-16(19,11-20-2)10-17-15(18)13-5-3-12(4-6-13)14-7-8-21-9-14/h3-9,19H,10-11H2,1-2H3,(H,17,18)/t16-/m1/s1. The lowest BCUT2D eigenvalue weighted by molar-refractivity contribution is -0.0147. The molecule has 0 saturated carbocycles. The number of hydrogen-bond donors (Lipinski definition) is 2. The van der Waals surface area contributed by atoms with Crippen LogP contribution in [0.25, 0.3) is 11.1 Å². The Kier molecular flexibility index (Phi) is 5.12. The number of aliphatic hydroxyl groups is 1. The van der Waals surface area contributed by atoms with Crippen molar-refractivity contribution in [1.29, 1.82) is 0 Å². The zero-order valence-electron chi connectivity index (χ0n) is 12.1. The van der Waals surface area contributed by atoms with Gasteiger partial charge >= 0.3 is 0 Å². The zero-order valence-corrected chi connectivity index (χ0v) is 12.9. The smallest absolute Gasteiger partial charge is 0.251 e. The second-order valence-electron chi connectivity index (χ2n) is 5.20. The number of carbonyl (C=O) groups is 1. The highest BCUT2D eigenvalue weighted by molar-refractivity contribution is 7.08. The van der Waals surface area contributed by atoms with E-state index < -0.39 is 5.60 Å². The second-order valence-corrected chi connectivity index (χ2v) is 5.98. The first kappa shape index (κ1) is 15.7. The SMILES string of the molecule is COC[C@](C)(O)CNC(=O)c1ccc(-c2ccsc2)cc1. The maximum absolute atomic E-state index is 12.0.